The first-order valence-electron chi connectivity index (χ1n) is 11.6. The fraction of sp³-hybridized carbons (Fsp3) is 0.440. The van der Waals surface area contributed by atoms with Crippen molar-refractivity contribution in [2.75, 3.05) is 31.1 Å². The Bertz CT molecular complexity index is 1090. The molecule has 7 heteroatoms. The first kappa shape index (κ1) is 20.7. The molecule has 0 aromatic heterocycles. The van der Waals surface area contributed by atoms with Crippen LogP contribution in [0.4, 0.5) is 5.69 Å². The number of ether oxygens (including phenoxy) is 1. The van der Waals surface area contributed by atoms with E-state index in [2.05, 4.69) is 85.0 Å². The maximum absolute atomic E-state index is 10.7. The van der Waals surface area contributed by atoms with E-state index in [1.54, 1.807) is 0 Å². The van der Waals surface area contributed by atoms with Crippen molar-refractivity contribution < 1.29 is 9.84 Å². The first-order chi connectivity index (χ1) is 15.6. The zero-order chi connectivity index (χ0) is 21.7. The Kier molecular flexibility index (Phi) is 5.27. The predicted molar refractivity (Wildman–Crippen MR) is 130 cm³/mol. The van der Waals surface area contributed by atoms with Crippen molar-refractivity contribution in [2.45, 2.75) is 43.8 Å². The van der Waals surface area contributed by atoms with Gasteiger partial charge in [0.25, 0.3) is 0 Å². The third-order valence-electron chi connectivity index (χ3n) is 7.47. The Hall–Kier alpha value is -1.90. The van der Waals surface area contributed by atoms with E-state index in [1.165, 1.54) is 49.5 Å². The summed E-state index contributed by atoms with van der Waals surface area (Å²) in [5.74, 6) is 0. The molecule has 3 fully saturated rings. The molecule has 168 valence electrons. The number of fused-ring (bicyclic) bond motifs is 3. The highest BCUT2D eigenvalue weighted by molar-refractivity contribution is 9.10. The predicted octanol–water partition coefficient (Wildman–Crippen LogP) is 3.63. The van der Waals surface area contributed by atoms with Gasteiger partial charge in [-0.05, 0) is 56.3 Å². The lowest BCUT2D eigenvalue weighted by molar-refractivity contribution is -0.0649. The topological polar surface area (TPSA) is 60.0 Å². The highest BCUT2D eigenvalue weighted by Crippen LogP contribution is 2.39. The van der Waals surface area contributed by atoms with Crippen LogP contribution in [0.1, 0.15) is 25.7 Å². The van der Waals surface area contributed by atoms with E-state index in [-0.39, 0.29) is 5.54 Å². The molecule has 6 rings (SSSR count). The van der Waals surface area contributed by atoms with Crippen LogP contribution in [0.5, 0.6) is 0 Å². The summed E-state index contributed by atoms with van der Waals surface area (Å²) in [5, 5.41) is 19.8. The number of aliphatic hydroxyl groups is 1. The third kappa shape index (κ3) is 3.47. The zero-order valence-corrected chi connectivity index (χ0v) is 19.6. The van der Waals surface area contributed by atoms with E-state index >= 15 is 0 Å². The third-order valence-corrected chi connectivity index (χ3v) is 8.13. The largest absolute Gasteiger partial charge is 0.374 e. The van der Waals surface area contributed by atoms with Crippen molar-refractivity contribution in [3.63, 3.8) is 0 Å². The van der Waals surface area contributed by atoms with Crippen LogP contribution < -0.4 is 15.5 Å². The highest BCUT2D eigenvalue weighted by atomic mass is 79.9. The molecule has 0 bridgehead atoms. The second kappa shape index (κ2) is 8.15. The van der Waals surface area contributed by atoms with Crippen LogP contribution in [0.3, 0.4) is 0 Å². The van der Waals surface area contributed by atoms with Crippen LogP contribution in [0, 0.1) is 0 Å². The zero-order valence-electron chi connectivity index (χ0n) is 18.1. The van der Waals surface area contributed by atoms with Crippen molar-refractivity contribution >= 4 is 32.4 Å². The normalized spacial score (nSPS) is 27.0. The quantitative estimate of drug-likeness (QED) is 0.600. The number of halogens is 1. The van der Waals surface area contributed by atoms with Crippen LogP contribution >= 0.6 is 15.9 Å². The van der Waals surface area contributed by atoms with Crippen LogP contribution in [-0.4, -0.2) is 54.4 Å². The number of hydrogen-bond donors (Lipinski definition) is 3. The number of benzene rings is 2. The first-order valence-corrected chi connectivity index (χ1v) is 12.4. The lowest BCUT2D eigenvalue weighted by atomic mass is 9.95. The van der Waals surface area contributed by atoms with Crippen molar-refractivity contribution in [3.05, 3.63) is 64.4 Å². The molecule has 3 saturated heterocycles. The van der Waals surface area contributed by atoms with Crippen LogP contribution in [-0.2, 0) is 4.74 Å². The van der Waals surface area contributed by atoms with Gasteiger partial charge >= 0.3 is 0 Å². The molecule has 2 aromatic carbocycles. The van der Waals surface area contributed by atoms with Crippen molar-refractivity contribution in [1.29, 1.82) is 0 Å². The van der Waals surface area contributed by atoms with E-state index in [1.807, 2.05) is 0 Å². The van der Waals surface area contributed by atoms with Gasteiger partial charge in [-0.15, -0.1) is 0 Å². The van der Waals surface area contributed by atoms with Gasteiger partial charge in [-0.3, -0.25) is 4.90 Å². The van der Waals surface area contributed by atoms with Gasteiger partial charge in [0.2, 0.25) is 0 Å². The minimum Gasteiger partial charge on any atom is -0.374 e. The Morgan fingerprint density at radius 3 is 2.72 bits per heavy atom. The summed E-state index contributed by atoms with van der Waals surface area (Å²) >= 11 is 3.72. The molecule has 3 N–H and O–H groups in total. The maximum atomic E-state index is 10.7. The summed E-state index contributed by atoms with van der Waals surface area (Å²) in [6.45, 7) is 3.76. The Labute approximate surface area is 197 Å². The SMILES string of the molecule is OC1NC(OCC23CCCN2CCC3)NC2=CN(c3cccc4cccc(Br)c34)CC=C21. The van der Waals surface area contributed by atoms with Crippen LogP contribution in [0.15, 0.2) is 64.4 Å². The van der Waals surface area contributed by atoms with Gasteiger partial charge in [0.15, 0.2) is 6.35 Å². The lowest BCUT2D eigenvalue weighted by Crippen LogP contribution is -2.57. The summed E-state index contributed by atoms with van der Waals surface area (Å²) in [7, 11) is 0. The summed E-state index contributed by atoms with van der Waals surface area (Å²) in [5.41, 5.74) is 3.11. The molecule has 4 heterocycles. The summed E-state index contributed by atoms with van der Waals surface area (Å²) in [4.78, 5) is 4.82. The van der Waals surface area contributed by atoms with Crippen LogP contribution in [0.2, 0.25) is 0 Å². The van der Waals surface area contributed by atoms with Crippen molar-refractivity contribution in [1.82, 2.24) is 15.5 Å². The second-order valence-corrected chi connectivity index (χ2v) is 10.1. The van der Waals surface area contributed by atoms with Crippen LogP contribution in [0.25, 0.3) is 10.8 Å². The highest BCUT2D eigenvalue weighted by Gasteiger charge is 2.45. The van der Waals surface area contributed by atoms with Gasteiger partial charge in [0.1, 0.15) is 6.23 Å². The number of nitrogens with zero attached hydrogens (tertiary/aromatic N) is 2. The average Bonchev–Trinajstić information content (AvgIpc) is 3.38. The molecule has 6 nitrogen and oxygen atoms in total. The van der Waals surface area contributed by atoms with Crippen molar-refractivity contribution in [2.24, 2.45) is 0 Å². The summed E-state index contributed by atoms with van der Waals surface area (Å²) in [6.07, 6.45) is 7.95. The smallest absolute Gasteiger partial charge is 0.186 e. The standard InChI is InChI=1S/C25H29BrN4O2/c26-19-7-1-5-17-6-2-8-21(22(17)19)29-14-9-18-20(15-29)27-24(28-23(18)31)32-16-25-10-3-12-30(25)13-4-11-25/h1-2,5-9,15,23-24,27-28,31H,3-4,10-14,16H2. The fourth-order valence-electron chi connectivity index (χ4n) is 5.86. The van der Waals surface area contributed by atoms with Gasteiger partial charge < -0.3 is 20.1 Å². The van der Waals surface area contributed by atoms with Gasteiger partial charge in [-0.1, -0.05) is 46.3 Å². The molecule has 0 aliphatic carbocycles. The Morgan fingerprint density at radius 1 is 1.12 bits per heavy atom. The monoisotopic (exact) mass is 496 g/mol. The molecule has 2 atom stereocenters. The van der Waals surface area contributed by atoms with E-state index in [0.717, 1.165) is 21.4 Å². The molecular formula is C25H29BrN4O2. The molecule has 32 heavy (non-hydrogen) atoms. The number of hydrogen-bond acceptors (Lipinski definition) is 6. The maximum Gasteiger partial charge on any atom is 0.186 e. The number of nitrogens with one attached hydrogen (secondary N) is 2. The molecule has 2 aromatic rings. The number of rotatable bonds is 4. The molecule has 0 spiro atoms. The molecule has 4 aliphatic heterocycles. The number of aliphatic hydroxyl groups excluding tert-OH is 1. The molecule has 0 saturated carbocycles. The van der Waals surface area contributed by atoms with Gasteiger partial charge in [0, 0.05) is 33.7 Å². The van der Waals surface area contributed by atoms with E-state index in [4.69, 9.17) is 4.74 Å². The Morgan fingerprint density at radius 2 is 1.91 bits per heavy atom. The molecule has 2 unspecified atom stereocenters. The lowest BCUT2D eigenvalue weighted by Gasteiger charge is -2.39. The van der Waals surface area contributed by atoms with Gasteiger partial charge in [-0.25, -0.2) is 5.32 Å². The van der Waals surface area contributed by atoms with E-state index < -0.39 is 12.6 Å². The average molecular weight is 497 g/mol. The summed E-state index contributed by atoms with van der Waals surface area (Å²) < 4.78 is 7.38. The Balaban J connectivity index is 1.23. The van der Waals surface area contributed by atoms with Gasteiger partial charge in [0.05, 0.1) is 18.0 Å². The van der Waals surface area contributed by atoms with E-state index in [0.29, 0.717) is 13.2 Å². The van der Waals surface area contributed by atoms with E-state index in [9.17, 15) is 5.11 Å². The molecular weight excluding hydrogens is 468 g/mol. The second-order valence-electron chi connectivity index (χ2n) is 9.29. The fourth-order valence-corrected chi connectivity index (χ4v) is 6.44. The molecule has 0 radical (unpaired) electrons. The summed E-state index contributed by atoms with van der Waals surface area (Å²) in [6, 6.07) is 12.6. The number of anilines is 1. The minimum atomic E-state index is -0.741. The van der Waals surface area contributed by atoms with Crippen molar-refractivity contribution in [3.8, 4) is 0 Å². The van der Waals surface area contributed by atoms with Gasteiger partial charge in [-0.2, -0.15) is 0 Å². The molecule has 0 amide bonds. The molecule has 4 aliphatic rings. The minimum absolute atomic E-state index is 0.187.